The normalized spacial score (nSPS) is 15.4. The summed E-state index contributed by atoms with van der Waals surface area (Å²) in [5.74, 6) is -5.71. The highest BCUT2D eigenvalue weighted by atomic mass is 32.2. The number of ether oxygens (including phenoxy) is 3. The quantitative estimate of drug-likeness (QED) is 0.122. The van der Waals surface area contributed by atoms with E-state index >= 15 is 0 Å². The third-order valence-electron chi connectivity index (χ3n) is 6.43. The molecule has 0 aromatic heterocycles. The van der Waals surface area contributed by atoms with Gasteiger partial charge in [-0.25, -0.2) is 27.6 Å². The molecule has 0 bridgehead atoms. The fourth-order valence-electron chi connectivity index (χ4n) is 3.55. The molecule has 0 saturated carbocycles. The van der Waals surface area contributed by atoms with Crippen LogP contribution >= 0.6 is 0 Å². The molecule has 1 aromatic rings. The number of carboxylic acid groups (broad SMARTS) is 1. The van der Waals surface area contributed by atoms with Gasteiger partial charge >= 0.3 is 23.9 Å². The van der Waals surface area contributed by atoms with Gasteiger partial charge < -0.3 is 19.3 Å². The van der Waals surface area contributed by atoms with Crippen LogP contribution in [0.15, 0.2) is 77.3 Å². The molecule has 11 heteroatoms. The summed E-state index contributed by atoms with van der Waals surface area (Å²) < 4.78 is 41.0. The highest BCUT2D eigenvalue weighted by molar-refractivity contribution is 7.91. The lowest BCUT2D eigenvalue weighted by Crippen LogP contribution is -2.22. The second-order valence-electron chi connectivity index (χ2n) is 9.67. The molecule has 1 aliphatic rings. The monoisotopic (exact) mass is 588 g/mol. The molecule has 41 heavy (non-hydrogen) atoms. The number of carbonyl (C=O) groups excluding carboxylic acids is 3. The second kappa shape index (κ2) is 15.2. The lowest BCUT2D eigenvalue weighted by Gasteiger charge is -2.17. The summed E-state index contributed by atoms with van der Waals surface area (Å²) in [5.41, 5.74) is 0.583. The van der Waals surface area contributed by atoms with Crippen LogP contribution in [0.5, 0.6) is 0 Å². The van der Waals surface area contributed by atoms with Gasteiger partial charge in [-0.05, 0) is 44.7 Å². The molecule has 0 radical (unpaired) electrons. The number of carbonyl (C=O) groups is 4. The number of esters is 3. The number of sulfone groups is 1. The van der Waals surface area contributed by atoms with Crippen molar-refractivity contribution in [3.63, 3.8) is 0 Å². The van der Waals surface area contributed by atoms with Crippen molar-refractivity contribution < 1.29 is 46.9 Å². The Hall–Kier alpha value is -3.83. The van der Waals surface area contributed by atoms with Crippen molar-refractivity contribution in [3.05, 3.63) is 77.9 Å². The maximum absolute atomic E-state index is 13.0. The summed E-state index contributed by atoms with van der Waals surface area (Å²) in [5, 5.41) is 9.78. The molecule has 0 aliphatic carbocycles. The summed E-state index contributed by atoms with van der Waals surface area (Å²) in [6.45, 7) is 14.7. The first-order chi connectivity index (χ1) is 19.2. The number of epoxide rings is 1. The Bertz CT molecular complexity index is 1330. The van der Waals surface area contributed by atoms with Gasteiger partial charge in [-0.1, -0.05) is 50.4 Å². The van der Waals surface area contributed by atoms with E-state index in [-0.39, 0.29) is 59.2 Å². The van der Waals surface area contributed by atoms with E-state index in [2.05, 4.69) is 19.7 Å². The van der Waals surface area contributed by atoms with Gasteiger partial charge in [-0.3, -0.25) is 0 Å². The lowest BCUT2D eigenvalue weighted by atomic mass is 9.94. The summed E-state index contributed by atoms with van der Waals surface area (Å²) in [7, 11) is -3.81. The van der Waals surface area contributed by atoms with E-state index in [0.717, 1.165) is 5.56 Å². The summed E-state index contributed by atoms with van der Waals surface area (Å²) in [4.78, 5) is 49.0. The molecule has 1 aromatic carbocycles. The average Bonchev–Trinajstić information content (AvgIpc) is 3.76. The van der Waals surface area contributed by atoms with E-state index in [1.54, 1.807) is 19.1 Å². The molecule has 10 nitrogen and oxygen atoms in total. The smallest absolute Gasteiger partial charge is 0.341 e. The molecule has 222 valence electrons. The van der Waals surface area contributed by atoms with E-state index in [0.29, 0.717) is 19.4 Å². The van der Waals surface area contributed by atoms with Gasteiger partial charge in [-0.2, -0.15) is 0 Å². The summed E-state index contributed by atoms with van der Waals surface area (Å²) >= 11 is 0. The Labute approximate surface area is 240 Å². The Morgan fingerprint density at radius 3 is 2.24 bits per heavy atom. The molecular formula is C30H36O10S. The summed E-state index contributed by atoms with van der Waals surface area (Å²) in [6.07, 6.45) is 2.06. The standard InChI is InChI=1S/C30H36O10S/c1-6-20(3)29(34)40-30(35)22(5)23(14-16-41(36,37)26-11-7-19(2)8-12-26)17-24(27(31)32)13-15-38-28(33)21(4)9-10-25-18-39-25/h7-8,11-12,17,23,25H,3-6,9-10,13-16,18H2,1-2H3,(H,31,32). The summed E-state index contributed by atoms with van der Waals surface area (Å²) in [6, 6.07) is 6.20. The number of benzene rings is 1. The van der Waals surface area contributed by atoms with Crippen molar-refractivity contribution in [2.75, 3.05) is 19.0 Å². The minimum Gasteiger partial charge on any atom is -0.478 e. The lowest BCUT2D eigenvalue weighted by molar-refractivity contribution is -0.154. The van der Waals surface area contributed by atoms with Gasteiger partial charge in [0.15, 0.2) is 9.84 Å². The third-order valence-corrected chi connectivity index (χ3v) is 8.19. The Balaban J connectivity index is 2.20. The van der Waals surface area contributed by atoms with Gasteiger partial charge in [0.25, 0.3) is 0 Å². The van der Waals surface area contributed by atoms with Crippen LogP contribution in [0, 0.1) is 12.8 Å². The number of hydrogen-bond donors (Lipinski definition) is 1. The van der Waals surface area contributed by atoms with Crippen molar-refractivity contribution in [1.82, 2.24) is 0 Å². The Morgan fingerprint density at radius 1 is 1.05 bits per heavy atom. The van der Waals surface area contributed by atoms with Crippen LogP contribution in [0.1, 0.15) is 44.6 Å². The van der Waals surface area contributed by atoms with Crippen LogP contribution in [-0.4, -0.2) is 62.5 Å². The van der Waals surface area contributed by atoms with E-state index in [9.17, 15) is 32.7 Å². The minimum absolute atomic E-state index is 0.0412. The first-order valence-corrected chi connectivity index (χ1v) is 14.7. The van der Waals surface area contributed by atoms with Crippen LogP contribution in [-0.2, 0) is 43.2 Å². The molecule has 0 spiro atoms. The number of aliphatic carboxylic acids is 1. The first-order valence-electron chi connectivity index (χ1n) is 13.1. The fourth-order valence-corrected chi connectivity index (χ4v) is 4.90. The predicted octanol–water partition coefficient (Wildman–Crippen LogP) is 4.05. The van der Waals surface area contributed by atoms with E-state index < -0.39 is 45.4 Å². The zero-order valence-corrected chi connectivity index (χ0v) is 24.2. The molecule has 2 unspecified atom stereocenters. The molecular weight excluding hydrogens is 552 g/mol. The van der Waals surface area contributed by atoms with Crippen LogP contribution in [0.2, 0.25) is 0 Å². The zero-order valence-electron chi connectivity index (χ0n) is 23.3. The van der Waals surface area contributed by atoms with Gasteiger partial charge in [0.05, 0.1) is 30.0 Å². The van der Waals surface area contributed by atoms with Crippen molar-refractivity contribution in [2.24, 2.45) is 5.92 Å². The number of aryl methyl sites for hydroxylation is 1. The van der Waals surface area contributed by atoms with Crippen LogP contribution in [0.4, 0.5) is 0 Å². The van der Waals surface area contributed by atoms with E-state index in [1.165, 1.54) is 18.2 Å². The molecule has 1 saturated heterocycles. The van der Waals surface area contributed by atoms with Crippen LogP contribution in [0.25, 0.3) is 0 Å². The van der Waals surface area contributed by atoms with Crippen molar-refractivity contribution in [3.8, 4) is 0 Å². The van der Waals surface area contributed by atoms with E-state index in [1.807, 2.05) is 6.92 Å². The Kier molecular flexibility index (Phi) is 12.4. The largest absolute Gasteiger partial charge is 0.478 e. The first kappa shape index (κ1) is 33.4. The van der Waals surface area contributed by atoms with Crippen molar-refractivity contribution in [2.45, 2.75) is 57.0 Å². The van der Waals surface area contributed by atoms with Gasteiger partial charge in [0, 0.05) is 34.6 Å². The van der Waals surface area contributed by atoms with Gasteiger partial charge in [-0.15, -0.1) is 0 Å². The topological polar surface area (TPSA) is 154 Å². The van der Waals surface area contributed by atoms with Crippen LogP contribution in [0.3, 0.4) is 0 Å². The minimum atomic E-state index is -3.81. The molecule has 2 atom stereocenters. The third kappa shape index (κ3) is 10.9. The SMILES string of the molecule is C=C(CCC1CO1)C(=O)OCCC(=CC(CCS(=O)(=O)c1ccc(C)cc1)C(=C)C(=O)OC(=O)C(=C)CC)C(=O)O. The number of carboxylic acids is 1. The van der Waals surface area contributed by atoms with Gasteiger partial charge in [0.1, 0.15) is 0 Å². The van der Waals surface area contributed by atoms with E-state index in [4.69, 9.17) is 14.2 Å². The molecule has 0 amide bonds. The molecule has 1 N–H and O–H groups in total. The second-order valence-corrected chi connectivity index (χ2v) is 11.8. The molecule has 1 fully saturated rings. The van der Waals surface area contributed by atoms with Crippen molar-refractivity contribution in [1.29, 1.82) is 0 Å². The van der Waals surface area contributed by atoms with Crippen molar-refractivity contribution >= 4 is 33.7 Å². The van der Waals surface area contributed by atoms with Gasteiger partial charge in [0.2, 0.25) is 0 Å². The number of allylic oxidation sites excluding steroid dienone is 1. The number of hydrogen-bond acceptors (Lipinski definition) is 9. The zero-order chi connectivity index (χ0) is 30.7. The molecule has 2 rings (SSSR count). The predicted molar refractivity (Wildman–Crippen MR) is 150 cm³/mol. The average molecular weight is 589 g/mol. The maximum atomic E-state index is 13.0. The number of rotatable bonds is 17. The maximum Gasteiger partial charge on any atom is 0.341 e. The highest BCUT2D eigenvalue weighted by Crippen LogP contribution is 2.24. The van der Waals surface area contributed by atoms with Crippen LogP contribution < -0.4 is 0 Å². The fraction of sp³-hybridized carbons (Fsp3) is 0.400. The molecule has 1 heterocycles. The Morgan fingerprint density at radius 2 is 1.68 bits per heavy atom. The molecule has 1 aliphatic heterocycles. The highest BCUT2D eigenvalue weighted by Gasteiger charge is 2.27.